The van der Waals surface area contributed by atoms with Crippen LogP contribution in [0.1, 0.15) is 16.1 Å². The molecule has 112 valence electrons. The second kappa shape index (κ2) is 5.98. The molecule has 1 aromatic carbocycles. The van der Waals surface area contributed by atoms with Gasteiger partial charge in [-0.15, -0.1) is 0 Å². The van der Waals surface area contributed by atoms with Crippen molar-refractivity contribution in [2.24, 2.45) is 0 Å². The van der Waals surface area contributed by atoms with Crippen LogP contribution in [0, 0.1) is 0 Å². The van der Waals surface area contributed by atoms with Gasteiger partial charge in [-0.2, -0.15) is 0 Å². The van der Waals surface area contributed by atoms with Crippen LogP contribution in [-0.4, -0.2) is 21.5 Å². The van der Waals surface area contributed by atoms with Crippen molar-refractivity contribution in [3.05, 3.63) is 47.9 Å². The fraction of sp³-hybridized carbons (Fsp3) is 0.154. The van der Waals surface area contributed by atoms with Gasteiger partial charge in [0.1, 0.15) is 11.5 Å². The van der Waals surface area contributed by atoms with Crippen LogP contribution in [0.5, 0.6) is 5.75 Å². The lowest BCUT2D eigenvalue weighted by Gasteiger charge is -2.12. The Morgan fingerprint density at radius 1 is 1.38 bits per heavy atom. The minimum Gasteiger partial charge on any atom is -0.545 e. The Labute approximate surface area is 121 Å². The maximum atomic E-state index is 12.1. The zero-order chi connectivity index (χ0) is 15.5. The first-order chi connectivity index (χ1) is 9.94. The lowest BCUT2D eigenvalue weighted by molar-refractivity contribution is -0.255. The van der Waals surface area contributed by atoms with Gasteiger partial charge in [0.25, 0.3) is 0 Å². The molecule has 2 rings (SSSR count). The van der Waals surface area contributed by atoms with Gasteiger partial charge in [0, 0.05) is 5.56 Å². The normalized spacial score (nSPS) is 11.3. The highest BCUT2D eigenvalue weighted by Gasteiger charge is 2.17. The summed E-state index contributed by atoms with van der Waals surface area (Å²) in [6, 6.07) is 6.73. The smallest absolute Gasteiger partial charge is 0.241 e. The Hall–Kier alpha value is -2.32. The van der Waals surface area contributed by atoms with Gasteiger partial charge < -0.3 is 19.1 Å². The van der Waals surface area contributed by atoms with E-state index in [1.807, 2.05) is 0 Å². The number of carboxylic acids is 1. The number of sulfonamides is 1. The number of carbonyl (C=O) groups is 1. The average Bonchev–Trinajstić information content (AvgIpc) is 2.97. The minimum absolute atomic E-state index is 0.0278. The molecular formula is C13H12NO6S-. The maximum Gasteiger partial charge on any atom is 0.241 e. The van der Waals surface area contributed by atoms with Gasteiger partial charge in [-0.05, 0) is 30.3 Å². The third-order valence-corrected chi connectivity index (χ3v) is 4.12. The summed E-state index contributed by atoms with van der Waals surface area (Å²) in [5, 5.41) is 11.0. The molecular weight excluding hydrogens is 298 g/mol. The molecule has 0 aliphatic heterocycles. The number of rotatable bonds is 6. The molecule has 1 heterocycles. The lowest BCUT2D eigenvalue weighted by atomic mass is 10.2. The molecule has 0 saturated heterocycles. The largest absolute Gasteiger partial charge is 0.545 e. The summed E-state index contributed by atoms with van der Waals surface area (Å²) < 4.78 is 36.3. The van der Waals surface area contributed by atoms with E-state index < -0.39 is 16.0 Å². The predicted molar refractivity (Wildman–Crippen MR) is 70.1 cm³/mol. The molecule has 0 atom stereocenters. The van der Waals surface area contributed by atoms with Gasteiger partial charge in [0.05, 0.1) is 30.8 Å². The number of benzene rings is 1. The highest BCUT2D eigenvalue weighted by molar-refractivity contribution is 7.89. The van der Waals surface area contributed by atoms with Crippen LogP contribution in [0.25, 0.3) is 0 Å². The van der Waals surface area contributed by atoms with Crippen LogP contribution in [0.4, 0.5) is 0 Å². The summed E-state index contributed by atoms with van der Waals surface area (Å²) in [6.45, 7) is -0.0397. The zero-order valence-electron chi connectivity index (χ0n) is 11.0. The van der Waals surface area contributed by atoms with Crippen molar-refractivity contribution in [2.45, 2.75) is 11.4 Å². The molecule has 1 N–H and O–H groups in total. The topological polar surface area (TPSA) is 109 Å². The van der Waals surface area contributed by atoms with Crippen LogP contribution in [0.2, 0.25) is 0 Å². The SMILES string of the molecule is COc1ccc(S(=O)(=O)NCc2ccco2)cc1C(=O)[O-]. The Bertz CT molecular complexity index is 736. The minimum atomic E-state index is -3.87. The number of methoxy groups -OCH3 is 1. The van der Waals surface area contributed by atoms with Crippen molar-refractivity contribution in [1.82, 2.24) is 4.72 Å². The van der Waals surface area contributed by atoms with E-state index >= 15 is 0 Å². The molecule has 0 unspecified atom stereocenters. The highest BCUT2D eigenvalue weighted by Crippen LogP contribution is 2.22. The van der Waals surface area contributed by atoms with E-state index in [9.17, 15) is 18.3 Å². The quantitative estimate of drug-likeness (QED) is 0.812. The van der Waals surface area contributed by atoms with E-state index in [0.717, 1.165) is 6.07 Å². The highest BCUT2D eigenvalue weighted by atomic mass is 32.2. The first-order valence-electron chi connectivity index (χ1n) is 5.85. The van der Waals surface area contributed by atoms with E-state index in [1.165, 1.54) is 25.5 Å². The van der Waals surface area contributed by atoms with Crippen LogP contribution in [-0.2, 0) is 16.6 Å². The second-order valence-corrected chi connectivity index (χ2v) is 5.82. The standard InChI is InChI=1S/C13H13NO6S/c1-19-12-5-4-10(7-11(12)13(15)16)21(17,18)14-8-9-3-2-6-20-9/h2-7,14H,8H2,1H3,(H,15,16)/p-1. The Morgan fingerprint density at radius 3 is 2.71 bits per heavy atom. The van der Waals surface area contributed by atoms with Crippen molar-refractivity contribution in [2.75, 3.05) is 7.11 Å². The first-order valence-corrected chi connectivity index (χ1v) is 7.34. The Kier molecular flexibility index (Phi) is 4.29. The van der Waals surface area contributed by atoms with Crippen molar-refractivity contribution < 1.29 is 27.5 Å². The monoisotopic (exact) mass is 310 g/mol. The summed E-state index contributed by atoms with van der Waals surface area (Å²) in [4.78, 5) is 10.8. The average molecular weight is 310 g/mol. The maximum absolute atomic E-state index is 12.1. The van der Waals surface area contributed by atoms with Crippen LogP contribution < -0.4 is 14.6 Å². The third kappa shape index (κ3) is 3.41. The van der Waals surface area contributed by atoms with Crippen LogP contribution >= 0.6 is 0 Å². The molecule has 0 fully saturated rings. The molecule has 7 nitrogen and oxygen atoms in total. The predicted octanol–water partition coefficient (Wildman–Crippen LogP) is 0.130. The molecule has 8 heteroatoms. The third-order valence-electron chi connectivity index (χ3n) is 2.72. The van der Waals surface area contributed by atoms with Crippen LogP contribution in [0.3, 0.4) is 0 Å². The summed E-state index contributed by atoms with van der Waals surface area (Å²) in [5.41, 5.74) is -0.335. The van der Waals surface area contributed by atoms with Crippen molar-refractivity contribution in [1.29, 1.82) is 0 Å². The molecule has 0 radical (unpaired) electrons. The van der Waals surface area contributed by atoms with Gasteiger partial charge in [-0.25, -0.2) is 13.1 Å². The molecule has 0 spiro atoms. The lowest BCUT2D eigenvalue weighted by Crippen LogP contribution is -2.26. The second-order valence-electron chi connectivity index (χ2n) is 4.05. The van der Waals surface area contributed by atoms with Crippen LogP contribution in [0.15, 0.2) is 45.9 Å². The van der Waals surface area contributed by atoms with Gasteiger partial charge in [-0.3, -0.25) is 0 Å². The summed E-state index contributed by atoms with van der Waals surface area (Å²) >= 11 is 0. The number of ether oxygens (including phenoxy) is 1. The molecule has 0 aliphatic rings. The summed E-state index contributed by atoms with van der Waals surface area (Å²) in [6.07, 6.45) is 1.42. The number of furan rings is 1. The number of nitrogens with one attached hydrogen (secondary N) is 1. The fourth-order valence-corrected chi connectivity index (χ4v) is 2.70. The Balaban J connectivity index is 2.27. The van der Waals surface area contributed by atoms with E-state index in [0.29, 0.717) is 5.76 Å². The summed E-state index contributed by atoms with van der Waals surface area (Å²) in [7, 11) is -2.59. The molecule has 21 heavy (non-hydrogen) atoms. The number of hydrogen-bond acceptors (Lipinski definition) is 6. The molecule has 0 amide bonds. The van der Waals surface area contributed by atoms with Crippen molar-refractivity contribution >= 4 is 16.0 Å². The van der Waals surface area contributed by atoms with Gasteiger partial charge in [0.15, 0.2) is 0 Å². The van der Waals surface area contributed by atoms with Gasteiger partial charge in [-0.1, -0.05) is 0 Å². The molecule has 0 saturated carbocycles. The number of carboxylic acid groups (broad SMARTS) is 1. The number of aromatic carboxylic acids is 1. The van der Waals surface area contributed by atoms with Gasteiger partial charge >= 0.3 is 0 Å². The van der Waals surface area contributed by atoms with E-state index in [1.54, 1.807) is 12.1 Å². The number of hydrogen-bond donors (Lipinski definition) is 1. The molecule has 0 aliphatic carbocycles. The van der Waals surface area contributed by atoms with E-state index in [2.05, 4.69) is 4.72 Å². The van der Waals surface area contributed by atoms with Crippen molar-refractivity contribution in [3.63, 3.8) is 0 Å². The molecule has 2 aromatic rings. The van der Waals surface area contributed by atoms with Crippen molar-refractivity contribution in [3.8, 4) is 5.75 Å². The fourth-order valence-electron chi connectivity index (χ4n) is 1.68. The zero-order valence-corrected chi connectivity index (χ0v) is 11.8. The van der Waals surface area contributed by atoms with E-state index in [-0.39, 0.29) is 22.8 Å². The van der Waals surface area contributed by atoms with Gasteiger partial charge in [0.2, 0.25) is 10.0 Å². The molecule has 0 bridgehead atoms. The first kappa shape index (κ1) is 15.1. The Morgan fingerprint density at radius 2 is 2.14 bits per heavy atom. The summed E-state index contributed by atoms with van der Waals surface area (Å²) in [5.74, 6) is -1.05. The number of carbonyl (C=O) groups excluding carboxylic acids is 1. The molecule has 1 aromatic heterocycles. The van der Waals surface area contributed by atoms with E-state index in [4.69, 9.17) is 9.15 Å².